The molecule has 4 rings (SSSR count). The molecule has 27 heavy (non-hydrogen) atoms. The van der Waals surface area contributed by atoms with Gasteiger partial charge in [-0.3, -0.25) is 14.4 Å². The fourth-order valence-corrected chi connectivity index (χ4v) is 7.47. The van der Waals surface area contributed by atoms with Gasteiger partial charge < -0.3 is 10.2 Å². The van der Waals surface area contributed by atoms with Crippen molar-refractivity contribution in [3.05, 3.63) is 10.6 Å². The molecule has 0 aliphatic heterocycles. The number of carbonyl (C=O) groups is 3. The molecule has 4 aliphatic rings. The molecule has 0 bridgehead atoms. The molecule has 0 aromatic rings. The number of halogens is 1. The lowest BCUT2D eigenvalue weighted by atomic mass is 9.46. The molecule has 6 atom stereocenters. The van der Waals surface area contributed by atoms with Crippen LogP contribution in [0.2, 0.25) is 0 Å². The third kappa shape index (κ3) is 2.28. The smallest absolute Gasteiger partial charge is 0.190 e. The highest BCUT2D eigenvalue weighted by molar-refractivity contribution is 6.43. The average molecular weight is 395 g/mol. The topological polar surface area (TPSA) is 91.7 Å². The van der Waals surface area contributed by atoms with Crippen LogP contribution in [0.15, 0.2) is 10.6 Å². The monoisotopic (exact) mass is 394 g/mol. The molecule has 148 valence electrons. The number of hydrogen-bond donors (Lipinski definition) is 2. The summed E-state index contributed by atoms with van der Waals surface area (Å²) in [6.07, 6.45) is 3.54. The molecule has 0 spiro atoms. The number of aliphatic hydroxyl groups is 2. The third-order valence-corrected chi connectivity index (χ3v) is 8.94. The predicted molar refractivity (Wildman–Crippen MR) is 98.9 cm³/mol. The molecule has 6 heteroatoms. The predicted octanol–water partition coefficient (Wildman–Crippen LogP) is 2.56. The summed E-state index contributed by atoms with van der Waals surface area (Å²) in [6.45, 7) is 3.20. The van der Waals surface area contributed by atoms with Crippen LogP contribution in [-0.4, -0.2) is 39.8 Å². The lowest BCUT2D eigenvalue weighted by Crippen LogP contribution is -2.61. The van der Waals surface area contributed by atoms with Gasteiger partial charge in [0.05, 0.1) is 5.03 Å². The largest absolute Gasteiger partial charge is 0.388 e. The molecule has 0 amide bonds. The van der Waals surface area contributed by atoms with Crippen LogP contribution in [0.3, 0.4) is 0 Å². The number of ketones is 3. The van der Waals surface area contributed by atoms with Gasteiger partial charge in [0.15, 0.2) is 11.6 Å². The van der Waals surface area contributed by atoms with Crippen molar-refractivity contribution in [1.29, 1.82) is 0 Å². The summed E-state index contributed by atoms with van der Waals surface area (Å²) in [7, 11) is 0. The van der Waals surface area contributed by atoms with E-state index in [2.05, 4.69) is 6.92 Å². The summed E-state index contributed by atoms with van der Waals surface area (Å²) in [6, 6.07) is 0. The van der Waals surface area contributed by atoms with Gasteiger partial charge >= 0.3 is 0 Å². The van der Waals surface area contributed by atoms with Gasteiger partial charge in [-0.05, 0) is 49.5 Å². The summed E-state index contributed by atoms with van der Waals surface area (Å²) >= 11 is 6.36. The van der Waals surface area contributed by atoms with Crippen LogP contribution in [-0.2, 0) is 14.4 Å². The lowest BCUT2D eigenvalue weighted by Gasteiger charge is -2.57. The van der Waals surface area contributed by atoms with Crippen molar-refractivity contribution >= 4 is 29.0 Å². The quantitative estimate of drug-likeness (QED) is 0.751. The van der Waals surface area contributed by atoms with Crippen LogP contribution in [0.25, 0.3) is 0 Å². The summed E-state index contributed by atoms with van der Waals surface area (Å²) < 4.78 is 0. The van der Waals surface area contributed by atoms with Gasteiger partial charge in [-0.25, -0.2) is 0 Å². The van der Waals surface area contributed by atoms with Crippen molar-refractivity contribution in [2.24, 2.45) is 28.6 Å². The first-order chi connectivity index (χ1) is 12.6. The Kier molecular flexibility index (Phi) is 4.27. The number of hydrogen-bond acceptors (Lipinski definition) is 5. The lowest BCUT2D eigenvalue weighted by molar-refractivity contribution is -0.170. The number of rotatable bonds is 2. The van der Waals surface area contributed by atoms with Crippen molar-refractivity contribution in [2.45, 2.75) is 64.4 Å². The number of carbonyl (C=O) groups excluding carboxylic acids is 3. The van der Waals surface area contributed by atoms with E-state index < -0.39 is 28.8 Å². The van der Waals surface area contributed by atoms with Gasteiger partial charge in [-0.15, -0.1) is 0 Å². The van der Waals surface area contributed by atoms with Crippen LogP contribution in [0, 0.1) is 28.6 Å². The van der Waals surface area contributed by atoms with E-state index in [-0.39, 0.29) is 35.7 Å². The molecule has 3 saturated carbocycles. The molecule has 0 unspecified atom stereocenters. The van der Waals surface area contributed by atoms with Crippen LogP contribution in [0.4, 0.5) is 0 Å². The van der Waals surface area contributed by atoms with Crippen LogP contribution < -0.4 is 0 Å². The molecule has 3 fully saturated rings. The van der Waals surface area contributed by atoms with Crippen molar-refractivity contribution in [1.82, 2.24) is 0 Å². The normalized spacial score (nSPS) is 46.8. The second-order valence-electron chi connectivity index (χ2n) is 9.46. The van der Waals surface area contributed by atoms with Crippen LogP contribution in [0.1, 0.15) is 58.8 Å². The van der Waals surface area contributed by atoms with E-state index in [1.54, 1.807) is 0 Å². The average Bonchev–Trinajstić information content (AvgIpc) is 2.89. The van der Waals surface area contributed by atoms with Gasteiger partial charge in [-0.1, -0.05) is 25.4 Å². The Bertz CT molecular complexity index is 773. The van der Waals surface area contributed by atoms with Gasteiger partial charge in [-0.2, -0.15) is 0 Å². The molecule has 5 nitrogen and oxygen atoms in total. The van der Waals surface area contributed by atoms with Crippen molar-refractivity contribution < 1.29 is 24.6 Å². The zero-order valence-corrected chi connectivity index (χ0v) is 16.6. The number of aliphatic hydroxyl groups excluding tert-OH is 1. The number of Topliss-reactive ketones (excluding diaryl/α,β-unsaturated/α-hetero) is 3. The maximum atomic E-state index is 13.4. The minimum absolute atomic E-state index is 0.0283. The third-order valence-electron chi connectivity index (χ3n) is 8.50. The second kappa shape index (κ2) is 5.98. The van der Waals surface area contributed by atoms with Gasteiger partial charge in [0.1, 0.15) is 18.0 Å². The summed E-state index contributed by atoms with van der Waals surface area (Å²) in [5.74, 6) is -0.637. The van der Waals surface area contributed by atoms with Gasteiger partial charge in [0.2, 0.25) is 0 Å². The van der Waals surface area contributed by atoms with E-state index in [0.29, 0.717) is 37.1 Å². The fourth-order valence-electron chi connectivity index (χ4n) is 7.07. The van der Waals surface area contributed by atoms with Gasteiger partial charge in [0, 0.05) is 29.6 Å². The zero-order chi connectivity index (χ0) is 19.8. The van der Waals surface area contributed by atoms with Gasteiger partial charge in [0.25, 0.3) is 0 Å². The first-order valence-electron chi connectivity index (χ1n) is 9.92. The first-order valence-corrected chi connectivity index (χ1v) is 10.3. The number of fused-ring (bicyclic) bond motifs is 5. The minimum Gasteiger partial charge on any atom is -0.388 e. The maximum absolute atomic E-state index is 13.4. The standard InChI is InChI=1S/C21H27ClO5/c1-19-7-6-14(24)18(22)13(19)4-3-11-12-5-8-21(27,16(26)10-23)20(12,2)9-15(25)17(11)19/h11-12,17,23,27H,3-10H2,1-2H3/t11-,12-,17+,19-,20-,21-/m0/s1. The van der Waals surface area contributed by atoms with Crippen LogP contribution >= 0.6 is 11.6 Å². The Labute approximate surface area is 164 Å². The van der Waals surface area contributed by atoms with E-state index in [1.165, 1.54) is 0 Å². The van der Waals surface area contributed by atoms with Crippen molar-refractivity contribution in [3.8, 4) is 0 Å². The fraction of sp³-hybridized carbons (Fsp3) is 0.762. The highest BCUT2D eigenvalue weighted by Crippen LogP contribution is 2.67. The maximum Gasteiger partial charge on any atom is 0.190 e. The molecule has 2 N–H and O–H groups in total. The summed E-state index contributed by atoms with van der Waals surface area (Å²) in [5.41, 5.74) is -1.95. The second-order valence-corrected chi connectivity index (χ2v) is 9.84. The highest BCUT2D eigenvalue weighted by Gasteiger charge is 2.68. The minimum atomic E-state index is -1.63. The van der Waals surface area contributed by atoms with E-state index in [0.717, 1.165) is 12.0 Å². The molecule has 0 aromatic heterocycles. The van der Waals surface area contributed by atoms with E-state index in [9.17, 15) is 24.6 Å². The van der Waals surface area contributed by atoms with Crippen molar-refractivity contribution in [2.75, 3.05) is 6.61 Å². The van der Waals surface area contributed by atoms with Crippen LogP contribution in [0.5, 0.6) is 0 Å². The molecule has 0 saturated heterocycles. The Morgan fingerprint density at radius 2 is 1.89 bits per heavy atom. The first kappa shape index (κ1) is 19.3. The van der Waals surface area contributed by atoms with E-state index in [4.69, 9.17) is 11.6 Å². The summed E-state index contributed by atoms with van der Waals surface area (Å²) in [5, 5.41) is 20.8. The SMILES string of the molecule is C[C@]12CCC(=O)C(Cl)=C1CC[C@@H]1[C@@H]2C(=O)C[C@@]2(C)[C@H]1CC[C@]2(O)C(=O)CO. The molecule has 0 heterocycles. The molecule has 0 aromatic carbocycles. The zero-order valence-electron chi connectivity index (χ0n) is 15.9. The Morgan fingerprint density at radius 3 is 2.56 bits per heavy atom. The van der Waals surface area contributed by atoms with E-state index >= 15 is 0 Å². The molecule has 0 radical (unpaired) electrons. The molecular formula is C21H27ClO5. The van der Waals surface area contributed by atoms with Crippen molar-refractivity contribution in [3.63, 3.8) is 0 Å². The molecular weight excluding hydrogens is 368 g/mol. The van der Waals surface area contributed by atoms with E-state index in [1.807, 2.05) is 6.92 Å². The Morgan fingerprint density at radius 1 is 1.19 bits per heavy atom. The Hall–Kier alpha value is -1.04. The molecule has 4 aliphatic carbocycles. The highest BCUT2D eigenvalue weighted by atomic mass is 35.5. The number of allylic oxidation sites excluding steroid dienone is 1. The summed E-state index contributed by atoms with van der Waals surface area (Å²) in [4.78, 5) is 37.8. The Balaban J connectivity index is 1.77.